The van der Waals surface area contributed by atoms with E-state index in [1.807, 2.05) is 6.92 Å². The first-order valence-corrected chi connectivity index (χ1v) is 11.6. The molecular formula is C22H32N2O6S. The molecule has 1 aromatic rings. The fourth-order valence-corrected chi connectivity index (χ4v) is 4.97. The smallest absolute Gasteiger partial charge is 0.247 e. The predicted octanol–water partition coefficient (Wildman–Crippen LogP) is 1.06. The van der Waals surface area contributed by atoms with E-state index < -0.39 is 27.8 Å². The fraction of sp³-hybridized carbons (Fsp3) is 0.591. The first kappa shape index (κ1) is 25.1. The Morgan fingerprint density at radius 3 is 2.61 bits per heavy atom. The zero-order valence-electron chi connectivity index (χ0n) is 18.9. The molecule has 0 bridgehead atoms. The summed E-state index contributed by atoms with van der Waals surface area (Å²) in [6.45, 7) is 8.15. The van der Waals surface area contributed by atoms with E-state index >= 15 is 0 Å². The zero-order chi connectivity index (χ0) is 23.6. The van der Waals surface area contributed by atoms with Crippen LogP contribution in [0.5, 0.6) is 5.75 Å². The molecular weight excluding hydrogens is 420 g/mol. The van der Waals surface area contributed by atoms with E-state index in [0.29, 0.717) is 5.56 Å². The second-order valence-electron chi connectivity index (χ2n) is 8.61. The van der Waals surface area contributed by atoms with Crippen molar-refractivity contribution in [2.75, 3.05) is 26.7 Å². The van der Waals surface area contributed by atoms with Crippen LogP contribution in [0.3, 0.4) is 0 Å². The Kier molecular flexibility index (Phi) is 7.76. The van der Waals surface area contributed by atoms with Crippen LogP contribution in [0.15, 0.2) is 23.1 Å². The molecule has 0 saturated heterocycles. The molecule has 31 heavy (non-hydrogen) atoms. The molecule has 0 aliphatic carbocycles. The highest BCUT2D eigenvalue weighted by atomic mass is 32.2. The Hall–Kier alpha value is -2.12. The van der Waals surface area contributed by atoms with Crippen molar-refractivity contribution in [2.45, 2.75) is 57.3 Å². The summed E-state index contributed by atoms with van der Waals surface area (Å²) in [5.74, 6) is 5.28. The summed E-state index contributed by atoms with van der Waals surface area (Å²) >= 11 is 0. The lowest BCUT2D eigenvalue weighted by molar-refractivity contribution is -0.129. The van der Waals surface area contributed by atoms with Crippen LogP contribution in [-0.4, -0.2) is 78.2 Å². The number of likely N-dealkylation sites (N-methyl/N-ethyl adjacent to an activating group) is 1. The molecule has 1 aliphatic heterocycles. The van der Waals surface area contributed by atoms with Gasteiger partial charge in [0.25, 0.3) is 0 Å². The Morgan fingerprint density at radius 2 is 2.06 bits per heavy atom. The summed E-state index contributed by atoms with van der Waals surface area (Å²) in [7, 11) is -2.28. The quantitative estimate of drug-likeness (QED) is 0.662. The molecule has 1 heterocycles. The summed E-state index contributed by atoms with van der Waals surface area (Å²) in [6.07, 6.45) is -0.478. The van der Waals surface area contributed by atoms with Crippen LogP contribution in [0.2, 0.25) is 0 Å². The molecule has 0 saturated carbocycles. The van der Waals surface area contributed by atoms with Gasteiger partial charge in [-0.2, -0.15) is 4.31 Å². The molecule has 0 aromatic heterocycles. The van der Waals surface area contributed by atoms with E-state index in [-0.39, 0.29) is 42.2 Å². The third-order valence-corrected chi connectivity index (χ3v) is 7.19. The van der Waals surface area contributed by atoms with Crippen molar-refractivity contribution < 1.29 is 28.2 Å². The van der Waals surface area contributed by atoms with Crippen molar-refractivity contribution >= 4 is 15.9 Å². The summed E-state index contributed by atoms with van der Waals surface area (Å²) in [4.78, 5) is 13.3. The number of hydrogen-bond donors (Lipinski definition) is 2. The minimum Gasteiger partial charge on any atom is -0.487 e. The Morgan fingerprint density at radius 1 is 1.42 bits per heavy atom. The van der Waals surface area contributed by atoms with Gasteiger partial charge in [-0.3, -0.25) is 4.79 Å². The van der Waals surface area contributed by atoms with Crippen molar-refractivity contribution in [1.82, 2.24) is 9.21 Å². The van der Waals surface area contributed by atoms with Gasteiger partial charge in [0.2, 0.25) is 15.9 Å². The van der Waals surface area contributed by atoms with E-state index in [9.17, 15) is 23.4 Å². The molecule has 1 aliphatic rings. The average molecular weight is 453 g/mol. The monoisotopic (exact) mass is 452 g/mol. The molecule has 1 aromatic carbocycles. The molecule has 0 radical (unpaired) electrons. The van der Waals surface area contributed by atoms with Gasteiger partial charge in [-0.05, 0) is 39.0 Å². The Balaban J connectivity index is 2.62. The molecule has 9 heteroatoms. The number of aliphatic hydroxyl groups is 2. The topological polar surface area (TPSA) is 107 Å². The van der Waals surface area contributed by atoms with Gasteiger partial charge in [-0.25, -0.2) is 8.42 Å². The maximum Gasteiger partial charge on any atom is 0.247 e. The number of aliphatic hydroxyl groups excluding tert-OH is 1. The lowest BCUT2D eigenvalue weighted by atomic mass is 10.0. The first-order chi connectivity index (χ1) is 14.3. The minimum atomic E-state index is -3.95. The molecule has 3 atom stereocenters. The average Bonchev–Trinajstić information content (AvgIpc) is 2.67. The van der Waals surface area contributed by atoms with Gasteiger partial charge < -0.3 is 19.8 Å². The molecule has 1 amide bonds. The lowest BCUT2D eigenvalue weighted by Gasteiger charge is -2.37. The van der Waals surface area contributed by atoms with Gasteiger partial charge in [0.15, 0.2) is 0 Å². The van der Waals surface area contributed by atoms with Crippen molar-refractivity contribution in [3.63, 3.8) is 0 Å². The number of carbonyl (C=O) groups is 1. The molecule has 0 fully saturated rings. The number of benzene rings is 1. The summed E-state index contributed by atoms with van der Waals surface area (Å²) in [5, 5.41) is 19.5. The number of sulfonamides is 1. The van der Waals surface area contributed by atoms with Gasteiger partial charge >= 0.3 is 0 Å². The lowest BCUT2D eigenvalue weighted by Crippen LogP contribution is -2.50. The molecule has 2 rings (SSSR count). The van der Waals surface area contributed by atoms with Crippen LogP contribution in [-0.2, 0) is 14.8 Å². The molecule has 8 nitrogen and oxygen atoms in total. The third-order valence-electron chi connectivity index (χ3n) is 5.17. The maximum absolute atomic E-state index is 13.4. The fourth-order valence-electron chi connectivity index (χ4n) is 3.14. The molecule has 0 spiro atoms. The van der Waals surface area contributed by atoms with Crippen molar-refractivity contribution in [3.05, 3.63) is 23.8 Å². The van der Waals surface area contributed by atoms with Crippen molar-refractivity contribution in [3.8, 4) is 17.6 Å². The van der Waals surface area contributed by atoms with Gasteiger partial charge in [-0.1, -0.05) is 18.8 Å². The molecule has 0 unspecified atom stereocenters. The van der Waals surface area contributed by atoms with Gasteiger partial charge in [0, 0.05) is 38.0 Å². The molecule has 172 valence electrons. The van der Waals surface area contributed by atoms with Crippen LogP contribution >= 0.6 is 0 Å². The van der Waals surface area contributed by atoms with E-state index in [1.54, 1.807) is 33.9 Å². The zero-order valence-corrected chi connectivity index (χ0v) is 19.7. The Labute approximate surface area is 184 Å². The largest absolute Gasteiger partial charge is 0.487 e. The Bertz CT molecular complexity index is 974. The summed E-state index contributed by atoms with van der Waals surface area (Å²) in [6, 6.07) is 3.89. The van der Waals surface area contributed by atoms with E-state index in [2.05, 4.69) is 11.8 Å². The second kappa shape index (κ2) is 9.57. The van der Waals surface area contributed by atoms with Gasteiger partial charge in [-0.15, -0.1) is 0 Å². The maximum atomic E-state index is 13.4. The third kappa shape index (κ3) is 6.20. The van der Waals surface area contributed by atoms with E-state index in [1.165, 1.54) is 28.3 Å². The normalized spacial score (nSPS) is 22.1. The predicted molar refractivity (Wildman–Crippen MR) is 117 cm³/mol. The van der Waals surface area contributed by atoms with Gasteiger partial charge in [0.1, 0.15) is 22.4 Å². The number of ether oxygens (including phenoxy) is 1. The van der Waals surface area contributed by atoms with Crippen LogP contribution in [0.4, 0.5) is 0 Å². The summed E-state index contributed by atoms with van der Waals surface area (Å²) < 4.78 is 34.2. The number of hydrogen-bond acceptors (Lipinski definition) is 6. The van der Waals surface area contributed by atoms with Gasteiger partial charge in [0.05, 0.1) is 13.2 Å². The second-order valence-corrected chi connectivity index (χ2v) is 10.5. The highest BCUT2D eigenvalue weighted by Gasteiger charge is 2.38. The summed E-state index contributed by atoms with van der Waals surface area (Å²) in [5.41, 5.74) is -0.712. The highest BCUT2D eigenvalue weighted by molar-refractivity contribution is 7.89. The minimum absolute atomic E-state index is 0.0241. The number of carbonyl (C=O) groups excluding carboxylic acids is 1. The number of rotatable bonds is 4. The highest BCUT2D eigenvalue weighted by Crippen LogP contribution is 2.34. The molecule has 2 N–H and O–H groups in total. The van der Waals surface area contributed by atoms with Crippen LogP contribution in [0, 0.1) is 17.8 Å². The first-order valence-electron chi connectivity index (χ1n) is 10.2. The van der Waals surface area contributed by atoms with Crippen LogP contribution in [0.25, 0.3) is 0 Å². The van der Waals surface area contributed by atoms with E-state index in [4.69, 9.17) is 4.74 Å². The van der Waals surface area contributed by atoms with Crippen LogP contribution in [0.1, 0.15) is 40.2 Å². The van der Waals surface area contributed by atoms with E-state index in [0.717, 1.165) is 0 Å². The SMILES string of the molecule is CC(=O)N(C)C[C@@H]1Oc2cc(C#CC(C)(C)O)ccc2S(=O)(=O)N([C@H](C)CO)C[C@H]1C. The number of nitrogens with zero attached hydrogens (tertiary/aromatic N) is 2. The number of amides is 1. The standard InChI is InChI=1S/C22H32N2O6S/c1-15-12-24(16(2)14-25)31(28,29)21-8-7-18(9-10-22(4,5)27)11-19(21)30-20(15)13-23(6)17(3)26/h7-8,11,15-16,20,25,27H,12-14H2,1-6H3/t15-,16-,20+/m1/s1. The van der Waals surface area contributed by atoms with Crippen molar-refractivity contribution in [2.24, 2.45) is 5.92 Å². The van der Waals surface area contributed by atoms with Crippen LogP contribution < -0.4 is 4.74 Å². The number of fused-ring (bicyclic) bond motifs is 1. The van der Waals surface area contributed by atoms with Crippen molar-refractivity contribution in [1.29, 1.82) is 0 Å².